The van der Waals surface area contributed by atoms with Gasteiger partial charge in [0.05, 0.1) is 23.4 Å². The number of hydrogen-bond donors (Lipinski definition) is 2. The molecule has 1 aromatic carbocycles. The molecule has 0 fully saturated rings. The second-order valence-electron chi connectivity index (χ2n) is 5.33. The molecular formula is C15H13N3O2. The Morgan fingerprint density at radius 3 is 3.00 bits per heavy atom. The van der Waals surface area contributed by atoms with Gasteiger partial charge in [0.1, 0.15) is 0 Å². The number of fused-ring (bicyclic) bond motifs is 5. The molecule has 2 N–H and O–H groups in total. The molecule has 0 amide bonds. The smallest absolute Gasteiger partial charge is 0.292 e. The highest BCUT2D eigenvalue weighted by atomic mass is 16.3. The third kappa shape index (κ3) is 1.16. The summed E-state index contributed by atoms with van der Waals surface area (Å²) in [6.45, 7) is 1.95. The van der Waals surface area contributed by atoms with E-state index in [4.69, 9.17) is 0 Å². The Morgan fingerprint density at radius 1 is 1.40 bits per heavy atom. The van der Waals surface area contributed by atoms with Crippen molar-refractivity contribution in [1.82, 2.24) is 14.4 Å². The standard InChI is InChI=1S/C15H13N3O2/c1-15(8-19)10-5-3-2-4-9(10)11-12(15)18-7-6-16-13(18)14(20)17-11/h2-7,19H,8H2,1H3,(H,17,20). The van der Waals surface area contributed by atoms with E-state index in [0.29, 0.717) is 5.65 Å². The molecule has 1 atom stereocenters. The summed E-state index contributed by atoms with van der Waals surface area (Å²) in [5.41, 5.74) is 3.23. The van der Waals surface area contributed by atoms with Gasteiger partial charge in [-0.1, -0.05) is 24.3 Å². The Bertz CT molecular complexity index is 894. The Labute approximate surface area is 114 Å². The van der Waals surface area contributed by atoms with Gasteiger partial charge >= 0.3 is 0 Å². The Hall–Kier alpha value is -2.40. The van der Waals surface area contributed by atoms with Crippen molar-refractivity contribution in [3.05, 3.63) is 58.3 Å². The first kappa shape index (κ1) is 11.4. The summed E-state index contributed by atoms with van der Waals surface area (Å²) in [5.74, 6) is 0. The number of aromatic nitrogens is 3. The number of hydrogen-bond acceptors (Lipinski definition) is 3. The van der Waals surface area contributed by atoms with Crippen molar-refractivity contribution in [1.29, 1.82) is 0 Å². The molecule has 1 aliphatic rings. The fourth-order valence-corrected chi connectivity index (χ4v) is 3.21. The number of imidazole rings is 1. The zero-order chi connectivity index (χ0) is 13.9. The van der Waals surface area contributed by atoms with Crippen molar-refractivity contribution in [2.24, 2.45) is 0 Å². The van der Waals surface area contributed by atoms with Gasteiger partial charge < -0.3 is 10.1 Å². The predicted molar refractivity (Wildman–Crippen MR) is 74.8 cm³/mol. The van der Waals surface area contributed by atoms with Crippen LogP contribution >= 0.6 is 0 Å². The Balaban J connectivity index is 2.25. The lowest BCUT2D eigenvalue weighted by atomic mass is 9.84. The van der Waals surface area contributed by atoms with Gasteiger partial charge in [0, 0.05) is 18.0 Å². The van der Waals surface area contributed by atoms with Crippen molar-refractivity contribution in [2.45, 2.75) is 12.3 Å². The largest absolute Gasteiger partial charge is 0.395 e. The van der Waals surface area contributed by atoms with Crippen LogP contribution in [-0.2, 0) is 5.41 Å². The first-order chi connectivity index (χ1) is 9.66. The lowest BCUT2D eigenvalue weighted by Crippen LogP contribution is -2.29. The first-order valence-corrected chi connectivity index (χ1v) is 6.47. The maximum atomic E-state index is 12.1. The Kier molecular flexibility index (Phi) is 2.04. The third-order valence-corrected chi connectivity index (χ3v) is 4.19. The summed E-state index contributed by atoms with van der Waals surface area (Å²) in [6.07, 6.45) is 3.37. The van der Waals surface area contributed by atoms with E-state index in [9.17, 15) is 9.90 Å². The van der Waals surface area contributed by atoms with Gasteiger partial charge in [-0.25, -0.2) is 4.98 Å². The molecule has 0 saturated heterocycles. The number of aromatic amines is 1. The van der Waals surface area contributed by atoms with Crippen LogP contribution < -0.4 is 5.56 Å². The molecule has 2 heterocycles. The van der Waals surface area contributed by atoms with Crippen LogP contribution in [0.1, 0.15) is 18.2 Å². The minimum absolute atomic E-state index is 0.0314. The van der Waals surface area contributed by atoms with Crippen molar-refractivity contribution in [3.63, 3.8) is 0 Å². The average Bonchev–Trinajstić information content (AvgIpc) is 3.03. The number of rotatable bonds is 1. The number of nitrogens with zero attached hydrogens (tertiary/aromatic N) is 2. The fraction of sp³-hybridized carbons (Fsp3) is 0.200. The number of aliphatic hydroxyl groups is 1. The molecule has 0 aliphatic heterocycles. The highest BCUT2D eigenvalue weighted by Gasteiger charge is 2.41. The van der Waals surface area contributed by atoms with Gasteiger partial charge in [0.2, 0.25) is 5.65 Å². The summed E-state index contributed by atoms with van der Waals surface area (Å²) in [4.78, 5) is 19.1. The fourth-order valence-electron chi connectivity index (χ4n) is 3.21. The van der Waals surface area contributed by atoms with E-state index in [1.807, 2.05) is 31.2 Å². The van der Waals surface area contributed by atoms with Crippen LogP contribution in [0.25, 0.3) is 16.9 Å². The highest BCUT2D eigenvalue weighted by Crippen LogP contribution is 2.46. The number of nitrogens with one attached hydrogen (secondary N) is 1. The molecule has 3 aromatic rings. The summed E-state index contributed by atoms with van der Waals surface area (Å²) in [5, 5.41) is 9.96. The van der Waals surface area contributed by atoms with Crippen LogP contribution in [0.4, 0.5) is 0 Å². The molecule has 0 saturated carbocycles. The summed E-state index contributed by atoms with van der Waals surface area (Å²) in [6, 6.07) is 7.84. The van der Waals surface area contributed by atoms with Crippen LogP contribution in [-0.4, -0.2) is 26.1 Å². The summed E-state index contributed by atoms with van der Waals surface area (Å²) >= 11 is 0. The van der Waals surface area contributed by atoms with Crippen molar-refractivity contribution < 1.29 is 5.11 Å². The highest BCUT2D eigenvalue weighted by molar-refractivity contribution is 5.77. The first-order valence-electron chi connectivity index (χ1n) is 6.47. The van der Waals surface area contributed by atoms with E-state index in [0.717, 1.165) is 22.5 Å². The minimum atomic E-state index is -0.547. The maximum absolute atomic E-state index is 12.1. The number of aliphatic hydroxyl groups excluding tert-OH is 1. The normalized spacial score (nSPS) is 20.1. The second kappa shape index (κ2) is 3.58. The van der Waals surface area contributed by atoms with Gasteiger partial charge in [0.15, 0.2) is 0 Å². The summed E-state index contributed by atoms with van der Waals surface area (Å²) in [7, 11) is 0. The second-order valence-corrected chi connectivity index (χ2v) is 5.33. The van der Waals surface area contributed by atoms with Gasteiger partial charge in [-0.05, 0) is 12.5 Å². The topological polar surface area (TPSA) is 70.4 Å². The molecule has 5 heteroatoms. The Morgan fingerprint density at radius 2 is 2.20 bits per heavy atom. The van der Waals surface area contributed by atoms with Crippen LogP contribution in [0.5, 0.6) is 0 Å². The van der Waals surface area contributed by atoms with E-state index >= 15 is 0 Å². The maximum Gasteiger partial charge on any atom is 0.292 e. The molecule has 2 aromatic heterocycles. The van der Waals surface area contributed by atoms with Gasteiger partial charge in [0.25, 0.3) is 5.56 Å². The van der Waals surface area contributed by atoms with E-state index in [2.05, 4.69) is 9.97 Å². The van der Waals surface area contributed by atoms with Crippen LogP contribution in [0.3, 0.4) is 0 Å². The number of benzene rings is 1. The molecule has 1 aliphatic carbocycles. The van der Waals surface area contributed by atoms with Crippen molar-refractivity contribution in [3.8, 4) is 11.3 Å². The predicted octanol–water partition coefficient (Wildman–Crippen LogP) is 1.30. The van der Waals surface area contributed by atoms with Crippen molar-refractivity contribution in [2.75, 3.05) is 6.61 Å². The van der Waals surface area contributed by atoms with Crippen molar-refractivity contribution >= 4 is 5.65 Å². The van der Waals surface area contributed by atoms with E-state index in [-0.39, 0.29) is 12.2 Å². The van der Waals surface area contributed by atoms with E-state index in [1.165, 1.54) is 0 Å². The van der Waals surface area contributed by atoms with Crippen LogP contribution in [0, 0.1) is 0 Å². The zero-order valence-electron chi connectivity index (χ0n) is 10.9. The van der Waals surface area contributed by atoms with Crippen LogP contribution in [0.2, 0.25) is 0 Å². The molecule has 100 valence electrons. The zero-order valence-corrected chi connectivity index (χ0v) is 10.9. The molecule has 1 unspecified atom stereocenters. The lowest BCUT2D eigenvalue weighted by molar-refractivity contribution is 0.230. The molecule has 20 heavy (non-hydrogen) atoms. The molecule has 0 spiro atoms. The van der Waals surface area contributed by atoms with E-state index in [1.54, 1.807) is 16.8 Å². The van der Waals surface area contributed by atoms with Gasteiger partial charge in [-0.3, -0.25) is 9.20 Å². The molecular weight excluding hydrogens is 254 g/mol. The minimum Gasteiger partial charge on any atom is -0.395 e. The van der Waals surface area contributed by atoms with E-state index < -0.39 is 5.41 Å². The van der Waals surface area contributed by atoms with Gasteiger partial charge in [-0.15, -0.1) is 0 Å². The third-order valence-electron chi connectivity index (χ3n) is 4.19. The molecule has 0 radical (unpaired) electrons. The monoisotopic (exact) mass is 267 g/mol. The quantitative estimate of drug-likeness (QED) is 0.698. The molecule has 0 bridgehead atoms. The molecule has 4 rings (SSSR count). The SMILES string of the molecule is CC1(CO)c2ccccc2-c2[nH]c(=O)c3nccn3c21. The summed E-state index contributed by atoms with van der Waals surface area (Å²) < 4.78 is 1.78. The van der Waals surface area contributed by atoms with Gasteiger partial charge in [-0.2, -0.15) is 0 Å². The average molecular weight is 267 g/mol. The lowest BCUT2D eigenvalue weighted by Gasteiger charge is -2.24. The molecule has 5 nitrogen and oxygen atoms in total. The van der Waals surface area contributed by atoms with Crippen LogP contribution in [0.15, 0.2) is 41.5 Å². The number of H-pyrrole nitrogens is 1.